The molecule has 6 heteroatoms. The van der Waals surface area contributed by atoms with E-state index in [1.165, 1.54) is 0 Å². The van der Waals surface area contributed by atoms with Gasteiger partial charge in [-0.25, -0.2) is 0 Å². The van der Waals surface area contributed by atoms with Crippen LogP contribution < -0.4 is 15.4 Å². The number of hydrogen-bond donors (Lipinski definition) is 2. The summed E-state index contributed by atoms with van der Waals surface area (Å²) >= 11 is 0. The zero-order valence-electron chi connectivity index (χ0n) is 13.6. The molecule has 1 fully saturated rings. The van der Waals surface area contributed by atoms with Gasteiger partial charge in [0, 0.05) is 44.8 Å². The molecule has 0 radical (unpaired) electrons. The number of hydrogen-bond acceptors (Lipinski definition) is 6. The van der Waals surface area contributed by atoms with E-state index in [0.717, 1.165) is 76.2 Å². The highest BCUT2D eigenvalue weighted by molar-refractivity contribution is 5.80. The molecule has 0 amide bonds. The Morgan fingerprint density at radius 2 is 2.13 bits per heavy atom. The maximum absolute atomic E-state index is 6.00. The first-order chi connectivity index (χ1) is 11.4. The number of nitrogens with zero attached hydrogens (tertiary/aromatic N) is 2. The van der Waals surface area contributed by atoms with Gasteiger partial charge in [0.25, 0.3) is 0 Å². The standard InChI is InChI=1S/C17H26N4O2/c1-2-5-16(23-13-10-21-8-11-22-12-9-21)15(4-1)14-20-17-18-6-3-7-19-17/h1-2,4-5H,3,6-14H2,(H2,18,19,20). The molecule has 6 nitrogen and oxygen atoms in total. The summed E-state index contributed by atoms with van der Waals surface area (Å²) in [5.74, 6) is 1.84. The Bertz CT molecular complexity index is 515. The van der Waals surface area contributed by atoms with Crippen LogP contribution in [-0.2, 0) is 11.3 Å². The number of para-hydroxylation sites is 1. The molecule has 0 aliphatic carbocycles. The molecule has 0 saturated carbocycles. The lowest BCUT2D eigenvalue weighted by molar-refractivity contribution is 0.0322. The molecule has 2 aliphatic rings. The van der Waals surface area contributed by atoms with Crippen LogP contribution in [0.15, 0.2) is 29.3 Å². The summed E-state index contributed by atoms with van der Waals surface area (Å²) in [5, 5.41) is 6.62. The molecule has 126 valence electrons. The average molecular weight is 318 g/mol. The molecule has 23 heavy (non-hydrogen) atoms. The highest BCUT2D eigenvalue weighted by Crippen LogP contribution is 2.17. The van der Waals surface area contributed by atoms with Crippen LogP contribution in [0, 0.1) is 0 Å². The van der Waals surface area contributed by atoms with Crippen molar-refractivity contribution in [1.82, 2.24) is 15.5 Å². The van der Waals surface area contributed by atoms with Gasteiger partial charge in [-0.2, -0.15) is 0 Å². The van der Waals surface area contributed by atoms with Crippen molar-refractivity contribution < 1.29 is 9.47 Å². The van der Waals surface area contributed by atoms with Crippen molar-refractivity contribution in [2.45, 2.75) is 13.0 Å². The number of aliphatic imine (C=N–C) groups is 1. The predicted octanol–water partition coefficient (Wildman–Crippen LogP) is 0.837. The van der Waals surface area contributed by atoms with E-state index in [-0.39, 0.29) is 0 Å². The normalized spacial score (nSPS) is 18.9. The van der Waals surface area contributed by atoms with Crippen molar-refractivity contribution in [2.75, 3.05) is 52.5 Å². The van der Waals surface area contributed by atoms with Crippen LogP contribution in [0.25, 0.3) is 0 Å². The Morgan fingerprint density at radius 3 is 2.96 bits per heavy atom. The van der Waals surface area contributed by atoms with Gasteiger partial charge < -0.3 is 20.1 Å². The van der Waals surface area contributed by atoms with E-state index in [1.807, 2.05) is 18.2 Å². The summed E-state index contributed by atoms with van der Waals surface area (Å²) in [5.41, 5.74) is 1.16. The fraction of sp³-hybridized carbons (Fsp3) is 0.588. The van der Waals surface area contributed by atoms with Crippen molar-refractivity contribution in [3.63, 3.8) is 0 Å². The Balaban J connectivity index is 1.47. The number of ether oxygens (including phenoxy) is 2. The third kappa shape index (κ3) is 5.11. The molecule has 2 heterocycles. The second-order valence-electron chi connectivity index (χ2n) is 5.77. The maximum Gasteiger partial charge on any atom is 0.191 e. The van der Waals surface area contributed by atoms with Gasteiger partial charge in [-0.1, -0.05) is 18.2 Å². The molecule has 2 aliphatic heterocycles. The van der Waals surface area contributed by atoms with Gasteiger partial charge in [0.05, 0.1) is 13.2 Å². The number of morpholine rings is 1. The number of rotatable bonds is 6. The van der Waals surface area contributed by atoms with E-state index in [9.17, 15) is 0 Å². The SMILES string of the molecule is c1ccc(OCCN2CCOCC2)c(CNC2=NCCCN2)c1. The lowest BCUT2D eigenvalue weighted by atomic mass is 10.2. The van der Waals surface area contributed by atoms with Crippen molar-refractivity contribution in [2.24, 2.45) is 4.99 Å². The summed E-state index contributed by atoms with van der Waals surface area (Å²) < 4.78 is 11.4. The first-order valence-electron chi connectivity index (χ1n) is 8.45. The average Bonchev–Trinajstić information content (AvgIpc) is 2.63. The van der Waals surface area contributed by atoms with Gasteiger partial charge >= 0.3 is 0 Å². The first-order valence-corrected chi connectivity index (χ1v) is 8.45. The molecule has 1 saturated heterocycles. The van der Waals surface area contributed by atoms with Crippen LogP contribution in [0.3, 0.4) is 0 Å². The minimum atomic E-state index is 0.705. The fourth-order valence-corrected chi connectivity index (χ4v) is 2.73. The minimum absolute atomic E-state index is 0.705. The van der Waals surface area contributed by atoms with Gasteiger partial charge in [0.2, 0.25) is 0 Å². The van der Waals surface area contributed by atoms with E-state index < -0.39 is 0 Å². The van der Waals surface area contributed by atoms with Crippen LogP contribution in [0.4, 0.5) is 0 Å². The summed E-state index contributed by atoms with van der Waals surface area (Å²) in [7, 11) is 0. The summed E-state index contributed by atoms with van der Waals surface area (Å²) in [6, 6.07) is 8.19. The topological polar surface area (TPSA) is 58.1 Å². The molecular weight excluding hydrogens is 292 g/mol. The van der Waals surface area contributed by atoms with Crippen LogP contribution in [0.2, 0.25) is 0 Å². The zero-order valence-corrected chi connectivity index (χ0v) is 13.6. The molecule has 0 aromatic heterocycles. The van der Waals surface area contributed by atoms with Crippen molar-refractivity contribution in [1.29, 1.82) is 0 Å². The summed E-state index contributed by atoms with van der Waals surface area (Å²) in [6.07, 6.45) is 1.10. The maximum atomic E-state index is 6.00. The lowest BCUT2D eigenvalue weighted by Gasteiger charge is -2.26. The molecule has 1 aromatic rings. The Labute approximate surface area is 137 Å². The van der Waals surface area contributed by atoms with E-state index in [0.29, 0.717) is 6.61 Å². The van der Waals surface area contributed by atoms with Gasteiger partial charge in [0.1, 0.15) is 12.4 Å². The molecule has 0 atom stereocenters. The number of nitrogens with one attached hydrogen (secondary N) is 2. The second kappa shape index (κ2) is 8.74. The quantitative estimate of drug-likeness (QED) is 0.814. The summed E-state index contributed by atoms with van der Waals surface area (Å²) in [6.45, 7) is 7.91. The molecule has 2 N–H and O–H groups in total. The van der Waals surface area contributed by atoms with E-state index >= 15 is 0 Å². The summed E-state index contributed by atoms with van der Waals surface area (Å²) in [4.78, 5) is 6.81. The first kappa shape index (κ1) is 16.1. The van der Waals surface area contributed by atoms with Crippen molar-refractivity contribution in [3.8, 4) is 5.75 Å². The highest BCUT2D eigenvalue weighted by atomic mass is 16.5. The van der Waals surface area contributed by atoms with Gasteiger partial charge in [0.15, 0.2) is 5.96 Å². The lowest BCUT2D eigenvalue weighted by Crippen LogP contribution is -2.40. The van der Waals surface area contributed by atoms with Crippen LogP contribution >= 0.6 is 0 Å². The van der Waals surface area contributed by atoms with Crippen LogP contribution in [0.1, 0.15) is 12.0 Å². The third-order valence-corrected chi connectivity index (χ3v) is 4.08. The number of guanidine groups is 1. The molecule has 0 bridgehead atoms. The van der Waals surface area contributed by atoms with Crippen molar-refractivity contribution >= 4 is 5.96 Å². The Morgan fingerprint density at radius 1 is 1.26 bits per heavy atom. The molecule has 1 aromatic carbocycles. The monoisotopic (exact) mass is 318 g/mol. The van der Waals surface area contributed by atoms with E-state index in [1.54, 1.807) is 0 Å². The van der Waals surface area contributed by atoms with Crippen LogP contribution in [0.5, 0.6) is 5.75 Å². The third-order valence-electron chi connectivity index (χ3n) is 4.08. The highest BCUT2D eigenvalue weighted by Gasteiger charge is 2.11. The molecule has 0 spiro atoms. The largest absolute Gasteiger partial charge is 0.492 e. The van der Waals surface area contributed by atoms with Gasteiger partial charge in [-0.3, -0.25) is 9.89 Å². The molecular formula is C17H26N4O2. The van der Waals surface area contributed by atoms with E-state index in [2.05, 4.69) is 26.6 Å². The van der Waals surface area contributed by atoms with Gasteiger partial charge in [-0.05, 0) is 12.5 Å². The molecule has 3 rings (SSSR count). The number of benzene rings is 1. The predicted molar refractivity (Wildman–Crippen MR) is 91.0 cm³/mol. The Kier molecular flexibility index (Phi) is 6.11. The van der Waals surface area contributed by atoms with Crippen LogP contribution in [-0.4, -0.2) is 63.4 Å². The van der Waals surface area contributed by atoms with Gasteiger partial charge in [-0.15, -0.1) is 0 Å². The smallest absolute Gasteiger partial charge is 0.191 e. The minimum Gasteiger partial charge on any atom is -0.492 e. The van der Waals surface area contributed by atoms with Crippen molar-refractivity contribution in [3.05, 3.63) is 29.8 Å². The molecule has 0 unspecified atom stereocenters. The fourth-order valence-electron chi connectivity index (χ4n) is 2.73. The zero-order chi connectivity index (χ0) is 15.7. The van der Waals surface area contributed by atoms with E-state index in [4.69, 9.17) is 9.47 Å². The Hall–Kier alpha value is -1.79. The second-order valence-corrected chi connectivity index (χ2v) is 5.77.